The van der Waals surface area contributed by atoms with Gasteiger partial charge in [0.25, 0.3) is 0 Å². The highest BCUT2D eigenvalue weighted by atomic mass is 16.6. The second-order valence-corrected chi connectivity index (χ2v) is 4.95. The highest BCUT2D eigenvalue weighted by molar-refractivity contribution is 5.86. The van der Waals surface area contributed by atoms with Crippen LogP contribution in [0, 0.1) is 11.3 Å². The molecule has 23 heavy (non-hydrogen) atoms. The second kappa shape index (κ2) is 7.81. The average Bonchev–Trinajstić information content (AvgIpc) is 2.59. The Balaban J connectivity index is 2.12. The highest BCUT2D eigenvalue weighted by Gasteiger charge is 2.09. The molecule has 0 atom stereocenters. The number of ether oxygens (including phenoxy) is 2. The molecule has 4 heteroatoms. The van der Waals surface area contributed by atoms with Crippen molar-refractivity contribution in [2.24, 2.45) is 0 Å². The van der Waals surface area contributed by atoms with Crippen LogP contribution in [-0.4, -0.2) is 19.2 Å². The third-order valence-electron chi connectivity index (χ3n) is 3.12. The van der Waals surface area contributed by atoms with E-state index in [9.17, 15) is 4.79 Å². The molecular formula is C19H17NO3. The molecule has 0 saturated heterocycles. The Morgan fingerprint density at radius 1 is 1.17 bits per heavy atom. The third-order valence-corrected chi connectivity index (χ3v) is 3.12. The largest absolute Gasteiger partial charge is 0.489 e. The first-order valence-electron chi connectivity index (χ1n) is 7.17. The van der Waals surface area contributed by atoms with Gasteiger partial charge in [0.15, 0.2) is 0 Å². The minimum atomic E-state index is -0.442. The number of rotatable bonds is 6. The topological polar surface area (TPSA) is 59.3 Å². The zero-order chi connectivity index (χ0) is 16.7. The molecule has 0 aliphatic carbocycles. The van der Waals surface area contributed by atoms with E-state index in [1.54, 1.807) is 19.1 Å². The number of nitriles is 1. The number of hydrogen-bond donors (Lipinski definition) is 0. The Bertz CT molecular complexity index is 745. The molecule has 0 aromatic heterocycles. The van der Waals surface area contributed by atoms with Gasteiger partial charge in [0, 0.05) is 11.1 Å². The number of carbonyl (C=O) groups is 1. The van der Waals surface area contributed by atoms with E-state index in [4.69, 9.17) is 14.7 Å². The lowest BCUT2D eigenvalue weighted by Gasteiger charge is -2.12. The minimum absolute atomic E-state index is 0.122. The number of nitrogens with zero attached hydrogens (tertiary/aromatic N) is 1. The van der Waals surface area contributed by atoms with Crippen molar-refractivity contribution in [1.29, 1.82) is 5.26 Å². The normalized spacial score (nSPS) is 9.74. The molecule has 0 amide bonds. The van der Waals surface area contributed by atoms with Gasteiger partial charge in [-0.1, -0.05) is 36.9 Å². The molecule has 0 aliphatic rings. The predicted molar refractivity (Wildman–Crippen MR) is 87.9 cm³/mol. The molecule has 0 spiro atoms. The molecule has 2 rings (SSSR count). The van der Waals surface area contributed by atoms with Gasteiger partial charge in [-0.2, -0.15) is 5.26 Å². The van der Waals surface area contributed by atoms with Crippen molar-refractivity contribution in [3.63, 3.8) is 0 Å². The van der Waals surface area contributed by atoms with Crippen LogP contribution >= 0.6 is 0 Å². The maximum atomic E-state index is 11.3. The van der Waals surface area contributed by atoms with Crippen molar-refractivity contribution in [1.82, 2.24) is 0 Å². The van der Waals surface area contributed by atoms with E-state index in [1.807, 2.05) is 36.4 Å². The molecule has 2 aromatic rings. The Kier molecular flexibility index (Phi) is 5.54. The fourth-order valence-electron chi connectivity index (χ4n) is 1.98. The highest BCUT2D eigenvalue weighted by Crippen LogP contribution is 2.30. The number of carbonyl (C=O) groups excluding carboxylic acids is 1. The van der Waals surface area contributed by atoms with E-state index in [1.165, 1.54) is 0 Å². The van der Waals surface area contributed by atoms with Crippen molar-refractivity contribution in [2.45, 2.75) is 6.92 Å². The van der Waals surface area contributed by atoms with E-state index in [0.29, 0.717) is 16.9 Å². The van der Waals surface area contributed by atoms with Crippen LogP contribution < -0.4 is 4.74 Å². The van der Waals surface area contributed by atoms with Crippen LogP contribution in [0.3, 0.4) is 0 Å². The first-order valence-corrected chi connectivity index (χ1v) is 7.17. The lowest BCUT2D eigenvalue weighted by Crippen LogP contribution is -2.12. The van der Waals surface area contributed by atoms with Crippen LogP contribution in [0.4, 0.5) is 0 Å². The minimum Gasteiger partial charge on any atom is -0.489 e. The molecule has 0 bridgehead atoms. The third kappa shape index (κ3) is 4.45. The van der Waals surface area contributed by atoms with Crippen LogP contribution in [0.5, 0.6) is 5.75 Å². The molecular weight excluding hydrogens is 290 g/mol. The Morgan fingerprint density at radius 3 is 2.57 bits per heavy atom. The summed E-state index contributed by atoms with van der Waals surface area (Å²) >= 11 is 0. The Labute approximate surface area is 135 Å². The predicted octanol–water partition coefficient (Wildman–Crippen LogP) is 3.72. The number of esters is 1. The monoisotopic (exact) mass is 307 g/mol. The SMILES string of the molecule is C=C(C)C(=O)OCCOc1cc(C#N)ccc1-c1ccccc1. The van der Waals surface area contributed by atoms with Gasteiger partial charge in [-0.05, 0) is 30.7 Å². The summed E-state index contributed by atoms with van der Waals surface area (Å²) in [6.07, 6.45) is 0. The molecule has 0 unspecified atom stereocenters. The molecule has 116 valence electrons. The van der Waals surface area contributed by atoms with Gasteiger partial charge in [-0.25, -0.2) is 4.79 Å². The quantitative estimate of drug-likeness (QED) is 0.463. The summed E-state index contributed by atoms with van der Waals surface area (Å²) in [5, 5.41) is 9.04. The molecule has 4 nitrogen and oxygen atoms in total. The van der Waals surface area contributed by atoms with E-state index < -0.39 is 5.97 Å². The summed E-state index contributed by atoms with van der Waals surface area (Å²) in [5.41, 5.74) is 2.74. The zero-order valence-corrected chi connectivity index (χ0v) is 12.9. The summed E-state index contributed by atoms with van der Waals surface area (Å²) in [5.74, 6) is 0.143. The summed E-state index contributed by atoms with van der Waals surface area (Å²) in [6, 6.07) is 17.1. The van der Waals surface area contributed by atoms with Crippen molar-refractivity contribution in [3.05, 3.63) is 66.2 Å². The summed E-state index contributed by atoms with van der Waals surface area (Å²) < 4.78 is 10.7. The molecule has 0 heterocycles. The van der Waals surface area contributed by atoms with Crippen molar-refractivity contribution in [2.75, 3.05) is 13.2 Å². The van der Waals surface area contributed by atoms with Gasteiger partial charge in [0.2, 0.25) is 0 Å². The standard InChI is InChI=1S/C19H17NO3/c1-14(2)19(21)23-11-10-22-18-12-15(13-20)8-9-17(18)16-6-4-3-5-7-16/h3-9,12H,1,10-11H2,2H3. The lowest BCUT2D eigenvalue weighted by molar-refractivity contribution is -0.139. The van der Waals surface area contributed by atoms with E-state index >= 15 is 0 Å². The fourth-order valence-corrected chi connectivity index (χ4v) is 1.98. The van der Waals surface area contributed by atoms with Crippen LogP contribution in [0.2, 0.25) is 0 Å². The Morgan fingerprint density at radius 2 is 1.91 bits per heavy atom. The first-order chi connectivity index (χ1) is 11.1. The van der Waals surface area contributed by atoms with Gasteiger partial charge >= 0.3 is 5.97 Å². The first kappa shape index (κ1) is 16.3. The van der Waals surface area contributed by atoms with E-state index in [2.05, 4.69) is 12.6 Å². The second-order valence-electron chi connectivity index (χ2n) is 4.95. The van der Waals surface area contributed by atoms with Gasteiger partial charge < -0.3 is 9.47 Å². The van der Waals surface area contributed by atoms with Crippen molar-refractivity contribution >= 4 is 5.97 Å². The molecule has 0 aliphatic heterocycles. The zero-order valence-electron chi connectivity index (χ0n) is 12.9. The number of benzene rings is 2. The summed E-state index contributed by atoms with van der Waals surface area (Å²) in [7, 11) is 0. The molecule has 0 radical (unpaired) electrons. The van der Waals surface area contributed by atoms with Gasteiger partial charge in [0.05, 0.1) is 11.6 Å². The fraction of sp³-hybridized carbons (Fsp3) is 0.158. The molecule has 0 N–H and O–H groups in total. The van der Waals surface area contributed by atoms with Crippen LogP contribution in [0.1, 0.15) is 12.5 Å². The van der Waals surface area contributed by atoms with Crippen LogP contribution in [0.15, 0.2) is 60.7 Å². The molecule has 0 fully saturated rings. The van der Waals surface area contributed by atoms with Gasteiger partial charge in [-0.3, -0.25) is 0 Å². The maximum absolute atomic E-state index is 11.3. The van der Waals surface area contributed by atoms with Gasteiger partial charge in [0.1, 0.15) is 19.0 Å². The van der Waals surface area contributed by atoms with Gasteiger partial charge in [-0.15, -0.1) is 0 Å². The molecule has 0 saturated carbocycles. The maximum Gasteiger partial charge on any atom is 0.333 e. The van der Waals surface area contributed by atoms with Crippen LogP contribution in [-0.2, 0) is 9.53 Å². The van der Waals surface area contributed by atoms with E-state index in [0.717, 1.165) is 11.1 Å². The van der Waals surface area contributed by atoms with Crippen LogP contribution in [0.25, 0.3) is 11.1 Å². The molecule has 2 aromatic carbocycles. The Hall–Kier alpha value is -3.06. The van der Waals surface area contributed by atoms with Crippen molar-refractivity contribution in [3.8, 4) is 22.9 Å². The smallest absolute Gasteiger partial charge is 0.333 e. The summed E-state index contributed by atoms with van der Waals surface area (Å²) in [6.45, 7) is 5.43. The van der Waals surface area contributed by atoms with Crippen molar-refractivity contribution < 1.29 is 14.3 Å². The summed E-state index contributed by atoms with van der Waals surface area (Å²) in [4.78, 5) is 11.3. The van der Waals surface area contributed by atoms with E-state index in [-0.39, 0.29) is 13.2 Å². The number of hydrogen-bond acceptors (Lipinski definition) is 4. The average molecular weight is 307 g/mol. The lowest BCUT2D eigenvalue weighted by atomic mass is 10.0.